The summed E-state index contributed by atoms with van der Waals surface area (Å²) in [6, 6.07) is 10.6. The highest BCUT2D eigenvalue weighted by molar-refractivity contribution is 5.84. The summed E-state index contributed by atoms with van der Waals surface area (Å²) in [5, 5.41) is 11.1. The molecule has 1 amide bonds. The van der Waals surface area contributed by atoms with Crippen molar-refractivity contribution in [2.24, 2.45) is 0 Å². The lowest BCUT2D eigenvalue weighted by molar-refractivity contribution is -0.168. The molecule has 26 heavy (non-hydrogen) atoms. The van der Waals surface area contributed by atoms with Crippen molar-refractivity contribution < 1.29 is 14.6 Å². The number of benzene rings is 1. The molecule has 1 atom stereocenters. The van der Waals surface area contributed by atoms with Gasteiger partial charge in [-0.2, -0.15) is 0 Å². The summed E-state index contributed by atoms with van der Waals surface area (Å²) in [4.78, 5) is 16.2. The second kappa shape index (κ2) is 7.67. The maximum atomic E-state index is 12.4. The SMILES string of the molecule is CN(C)C(=O)[C@@]1(C)CN(CC2(O)CCC(c3ccccc3)CC2)CCO1. The van der Waals surface area contributed by atoms with E-state index in [4.69, 9.17) is 4.74 Å². The number of likely N-dealkylation sites (N-methyl/N-ethyl adjacent to an activating group) is 1. The lowest BCUT2D eigenvalue weighted by atomic mass is 9.76. The number of ether oxygens (including phenoxy) is 1. The van der Waals surface area contributed by atoms with Crippen molar-refractivity contribution in [3.8, 4) is 0 Å². The average molecular weight is 360 g/mol. The standard InChI is InChI=1S/C21H32N2O3/c1-20(19(24)22(2)3)15-23(13-14-26-20)16-21(25)11-9-18(10-12-21)17-7-5-4-6-8-17/h4-8,18,25H,9-16H2,1-3H3/t18?,20-,21?/m1/s1. The van der Waals surface area contributed by atoms with Crippen molar-refractivity contribution in [2.75, 3.05) is 40.3 Å². The van der Waals surface area contributed by atoms with E-state index in [2.05, 4.69) is 29.2 Å². The van der Waals surface area contributed by atoms with Gasteiger partial charge in [0.1, 0.15) is 0 Å². The highest BCUT2D eigenvalue weighted by Gasteiger charge is 2.43. The molecule has 1 saturated heterocycles. The number of rotatable bonds is 4. The molecule has 0 spiro atoms. The molecule has 0 unspecified atom stereocenters. The summed E-state index contributed by atoms with van der Waals surface area (Å²) in [7, 11) is 3.52. The third-order valence-corrected chi connectivity index (χ3v) is 5.92. The maximum Gasteiger partial charge on any atom is 0.255 e. The van der Waals surface area contributed by atoms with Crippen LogP contribution in [0.1, 0.15) is 44.1 Å². The second-order valence-electron chi connectivity index (χ2n) is 8.40. The van der Waals surface area contributed by atoms with Gasteiger partial charge >= 0.3 is 0 Å². The fraction of sp³-hybridized carbons (Fsp3) is 0.667. The van der Waals surface area contributed by atoms with Crippen molar-refractivity contribution in [1.82, 2.24) is 9.80 Å². The smallest absolute Gasteiger partial charge is 0.255 e. The van der Waals surface area contributed by atoms with E-state index in [9.17, 15) is 9.90 Å². The normalized spacial score (nSPS) is 33.0. The van der Waals surface area contributed by atoms with Crippen LogP contribution in [0.25, 0.3) is 0 Å². The molecule has 1 aliphatic carbocycles. The van der Waals surface area contributed by atoms with Gasteiger partial charge in [0, 0.05) is 33.7 Å². The molecule has 144 valence electrons. The zero-order chi connectivity index (χ0) is 18.8. The molecule has 1 heterocycles. The van der Waals surface area contributed by atoms with Gasteiger partial charge in [-0.25, -0.2) is 0 Å². The van der Waals surface area contributed by atoms with Crippen molar-refractivity contribution in [3.63, 3.8) is 0 Å². The lowest BCUT2D eigenvalue weighted by Crippen LogP contribution is -2.60. The van der Waals surface area contributed by atoms with Crippen LogP contribution < -0.4 is 0 Å². The molecule has 2 aliphatic rings. The summed E-state index contributed by atoms with van der Waals surface area (Å²) in [5.41, 5.74) is -0.102. The molecule has 5 nitrogen and oxygen atoms in total. The first-order valence-corrected chi connectivity index (χ1v) is 9.67. The summed E-state index contributed by atoms with van der Waals surface area (Å²) in [6.45, 7) is 4.31. The van der Waals surface area contributed by atoms with Gasteiger partial charge in [0.2, 0.25) is 0 Å². The second-order valence-corrected chi connectivity index (χ2v) is 8.40. The molecule has 1 aromatic rings. The Morgan fingerprint density at radius 3 is 2.54 bits per heavy atom. The van der Waals surface area contributed by atoms with Crippen LogP contribution in [0, 0.1) is 0 Å². The van der Waals surface area contributed by atoms with Gasteiger partial charge in [-0.05, 0) is 44.1 Å². The fourth-order valence-electron chi connectivity index (χ4n) is 4.48. The number of carbonyl (C=O) groups is 1. The van der Waals surface area contributed by atoms with Crippen LogP contribution in [-0.2, 0) is 9.53 Å². The number of amides is 1. The molecule has 2 fully saturated rings. The van der Waals surface area contributed by atoms with Gasteiger partial charge in [0.05, 0.1) is 12.2 Å². The minimum Gasteiger partial charge on any atom is -0.389 e. The van der Waals surface area contributed by atoms with Crippen molar-refractivity contribution in [3.05, 3.63) is 35.9 Å². The van der Waals surface area contributed by atoms with Gasteiger partial charge < -0.3 is 14.7 Å². The number of aliphatic hydroxyl groups is 1. The number of hydrogen-bond donors (Lipinski definition) is 1. The molecule has 0 aromatic heterocycles. The Morgan fingerprint density at radius 2 is 1.92 bits per heavy atom. The average Bonchev–Trinajstić information content (AvgIpc) is 2.62. The van der Waals surface area contributed by atoms with Crippen LogP contribution in [-0.4, -0.2) is 72.4 Å². The van der Waals surface area contributed by atoms with Gasteiger partial charge in [-0.3, -0.25) is 9.69 Å². The number of morpholine rings is 1. The van der Waals surface area contributed by atoms with Crippen molar-refractivity contribution in [2.45, 2.75) is 49.7 Å². The lowest BCUT2D eigenvalue weighted by Gasteiger charge is -2.45. The first-order valence-electron chi connectivity index (χ1n) is 9.67. The Labute approximate surface area is 156 Å². The van der Waals surface area contributed by atoms with Crippen molar-refractivity contribution >= 4 is 5.91 Å². The van der Waals surface area contributed by atoms with Gasteiger partial charge in [-0.15, -0.1) is 0 Å². The highest BCUT2D eigenvalue weighted by atomic mass is 16.5. The van der Waals surface area contributed by atoms with Crippen LogP contribution in [0.4, 0.5) is 0 Å². The van der Waals surface area contributed by atoms with Crippen LogP contribution in [0.2, 0.25) is 0 Å². The Kier molecular flexibility index (Phi) is 5.70. The Hall–Kier alpha value is -1.43. The van der Waals surface area contributed by atoms with Crippen LogP contribution in [0.15, 0.2) is 30.3 Å². The Morgan fingerprint density at radius 1 is 1.27 bits per heavy atom. The van der Waals surface area contributed by atoms with E-state index in [0.717, 1.165) is 32.2 Å². The Bertz CT molecular complexity index is 611. The summed E-state index contributed by atoms with van der Waals surface area (Å²) >= 11 is 0. The van der Waals surface area contributed by atoms with E-state index in [0.29, 0.717) is 25.6 Å². The van der Waals surface area contributed by atoms with Gasteiger partial charge in [0.25, 0.3) is 5.91 Å². The van der Waals surface area contributed by atoms with Crippen LogP contribution in [0.3, 0.4) is 0 Å². The van der Waals surface area contributed by atoms with Gasteiger partial charge in [0.15, 0.2) is 5.60 Å². The van der Waals surface area contributed by atoms with E-state index in [1.165, 1.54) is 5.56 Å². The number of β-amino-alcohol motifs (C(OH)–C–C–N with tert-alkyl or cyclic N) is 1. The molecular weight excluding hydrogens is 328 g/mol. The quantitative estimate of drug-likeness (QED) is 0.895. The third-order valence-electron chi connectivity index (χ3n) is 5.92. The summed E-state index contributed by atoms with van der Waals surface area (Å²) in [5.74, 6) is 0.531. The van der Waals surface area contributed by atoms with Crippen LogP contribution in [0.5, 0.6) is 0 Å². The fourth-order valence-corrected chi connectivity index (χ4v) is 4.48. The van der Waals surface area contributed by atoms with Gasteiger partial charge in [-0.1, -0.05) is 30.3 Å². The summed E-state index contributed by atoms with van der Waals surface area (Å²) in [6.07, 6.45) is 3.64. The first-order chi connectivity index (χ1) is 12.3. The predicted molar refractivity (Wildman–Crippen MR) is 102 cm³/mol. The molecule has 5 heteroatoms. The van der Waals surface area contributed by atoms with E-state index in [1.54, 1.807) is 19.0 Å². The topological polar surface area (TPSA) is 53.0 Å². The molecule has 3 rings (SSSR count). The molecular formula is C21H32N2O3. The highest BCUT2D eigenvalue weighted by Crippen LogP contribution is 2.38. The minimum atomic E-state index is -0.820. The first kappa shape index (κ1) is 19.3. The number of hydrogen-bond acceptors (Lipinski definition) is 4. The minimum absolute atomic E-state index is 0.0121. The molecule has 1 aromatic carbocycles. The molecule has 0 radical (unpaired) electrons. The zero-order valence-electron chi connectivity index (χ0n) is 16.3. The molecule has 1 saturated carbocycles. The third kappa shape index (κ3) is 4.27. The monoisotopic (exact) mass is 360 g/mol. The zero-order valence-corrected chi connectivity index (χ0v) is 16.3. The number of carbonyl (C=O) groups excluding carboxylic acids is 1. The van der Waals surface area contributed by atoms with E-state index < -0.39 is 11.2 Å². The van der Waals surface area contributed by atoms with Crippen molar-refractivity contribution in [1.29, 1.82) is 0 Å². The van der Waals surface area contributed by atoms with E-state index in [-0.39, 0.29) is 5.91 Å². The molecule has 1 N–H and O–H groups in total. The molecule has 1 aliphatic heterocycles. The largest absolute Gasteiger partial charge is 0.389 e. The molecule has 0 bridgehead atoms. The van der Waals surface area contributed by atoms with E-state index >= 15 is 0 Å². The maximum absolute atomic E-state index is 12.4. The van der Waals surface area contributed by atoms with E-state index in [1.807, 2.05) is 13.0 Å². The van der Waals surface area contributed by atoms with Crippen LogP contribution >= 0.6 is 0 Å². The predicted octanol–water partition coefficient (Wildman–Crippen LogP) is 2.25. The summed E-state index contributed by atoms with van der Waals surface area (Å²) < 4.78 is 5.80. The Balaban J connectivity index is 1.58. The number of nitrogens with zero attached hydrogens (tertiary/aromatic N) is 2.